The molecule has 0 atom stereocenters. The van der Waals surface area contributed by atoms with Crippen LogP contribution in [-0.2, 0) is 9.59 Å². The summed E-state index contributed by atoms with van der Waals surface area (Å²) in [6, 6.07) is 11.6. The molecule has 0 bridgehead atoms. The van der Waals surface area contributed by atoms with E-state index in [0.717, 1.165) is 5.69 Å². The maximum absolute atomic E-state index is 12.1. The summed E-state index contributed by atoms with van der Waals surface area (Å²) in [6.07, 6.45) is 4.77. The number of nitrogens with one attached hydrogen (secondary N) is 2. The average Bonchev–Trinajstić information content (AvgIpc) is 3.20. The van der Waals surface area contributed by atoms with E-state index in [0.29, 0.717) is 16.8 Å². The van der Waals surface area contributed by atoms with Crippen molar-refractivity contribution in [3.05, 3.63) is 60.7 Å². The van der Waals surface area contributed by atoms with E-state index in [-0.39, 0.29) is 24.1 Å². The summed E-state index contributed by atoms with van der Waals surface area (Å²) in [6.45, 7) is 4.17. The molecule has 0 aliphatic heterocycles. The highest BCUT2D eigenvalue weighted by Crippen LogP contribution is 2.21. The lowest BCUT2D eigenvalue weighted by molar-refractivity contribution is -0.122. The van der Waals surface area contributed by atoms with Crippen LogP contribution in [-0.4, -0.2) is 43.9 Å². The third kappa shape index (κ3) is 5.89. The Bertz CT molecular complexity index is 957. The van der Waals surface area contributed by atoms with E-state index in [2.05, 4.69) is 51.8 Å². The van der Waals surface area contributed by atoms with E-state index in [9.17, 15) is 9.59 Å². The van der Waals surface area contributed by atoms with Gasteiger partial charge in [0.1, 0.15) is 6.33 Å². The first-order valence-corrected chi connectivity index (χ1v) is 10.1. The number of hydrogen-bond donors (Lipinski definition) is 2. The summed E-state index contributed by atoms with van der Waals surface area (Å²) in [4.78, 5) is 27.9. The quantitative estimate of drug-likeness (QED) is 0.554. The molecule has 3 aromatic rings. The zero-order valence-electron chi connectivity index (χ0n) is 16.2. The average molecular weight is 411 g/mol. The van der Waals surface area contributed by atoms with Gasteiger partial charge in [-0.15, -0.1) is 10.2 Å². The largest absolute Gasteiger partial charge is 0.346 e. The molecule has 0 aliphatic rings. The summed E-state index contributed by atoms with van der Waals surface area (Å²) in [5.41, 5.74) is 2.76. The van der Waals surface area contributed by atoms with E-state index in [1.165, 1.54) is 23.5 Å². The van der Waals surface area contributed by atoms with Crippen LogP contribution in [0.25, 0.3) is 5.69 Å². The van der Waals surface area contributed by atoms with Gasteiger partial charge < -0.3 is 10.6 Å². The number of nitrogens with zero attached hydrogens (tertiary/aromatic N) is 4. The Labute approximate surface area is 173 Å². The number of aromatic nitrogens is 4. The van der Waals surface area contributed by atoms with Gasteiger partial charge in [-0.3, -0.25) is 19.1 Å². The summed E-state index contributed by atoms with van der Waals surface area (Å²) < 4.78 is 1.83. The van der Waals surface area contributed by atoms with Crippen molar-refractivity contribution in [2.45, 2.75) is 24.9 Å². The fourth-order valence-electron chi connectivity index (χ4n) is 2.52. The lowest BCUT2D eigenvalue weighted by Crippen LogP contribution is -2.33. The van der Waals surface area contributed by atoms with Gasteiger partial charge in [0, 0.05) is 11.9 Å². The third-order valence-corrected chi connectivity index (χ3v) is 5.02. The van der Waals surface area contributed by atoms with E-state index < -0.39 is 0 Å². The van der Waals surface area contributed by atoms with Gasteiger partial charge in [-0.25, -0.2) is 0 Å². The van der Waals surface area contributed by atoms with Crippen LogP contribution >= 0.6 is 11.8 Å². The summed E-state index contributed by atoms with van der Waals surface area (Å²) in [7, 11) is 0. The minimum absolute atomic E-state index is 0.113. The van der Waals surface area contributed by atoms with Crippen molar-refractivity contribution in [1.82, 2.24) is 25.1 Å². The minimum atomic E-state index is -0.315. The van der Waals surface area contributed by atoms with Gasteiger partial charge in [0.2, 0.25) is 11.8 Å². The second-order valence-electron chi connectivity index (χ2n) is 6.59. The number of carbonyl (C=O) groups is 2. The van der Waals surface area contributed by atoms with Crippen molar-refractivity contribution in [2.24, 2.45) is 0 Å². The molecule has 150 valence electrons. The molecule has 8 nitrogen and oxygen atoms in total. The van der Waals surface area contributed by atoms with Crippen molar-refractivity contribution in [3.8, 4) is 5.69 Å². The molecule has 2 amide bonds. The first-order chi connectivity index (χ1) is 14.0. The smallest absolute Gasteiger partial charge is 0.243 e. The monoisotopic (exact) mass is 410 g/mol. The van der Waals surface area contributed by atoms with Crippen LogP contribution in [0.2, 0.25) is 0 Å². The maximum Gasteiger partial charge on any atom is 0.243 e. The van der Waals surface area contributed by atoms with Crippen molar-refractivity contribution in [3.63, 3.8) is 0 Å². The standard InChI is InChI=1S/C20H22N6O2S/c1-14(2)15-5-7-17(8-6-15)26-13-23-25-20(26)29-12-19(28)22-11-18(27)24-16-4-3-9-21-10-16/h3-10,13-14H,11-12H2,1-2H3,(H,22,28)(H,24,27). The molecule has 0 saturated carbocycles. The van der Waals surface area contributed by atoms with Gasteiger partial charge in [0.25, 0.3) is 0 Å². The second kappa shape index (κ2) is 9.83. The first-order valence-electron chi connectivity index (χ1n) is 9.12. The molecule has 3 rings (SSSR count). The summed E-state index contributed by atoms with van der Waals surface area (Å²) in [5, 5.41) is 13.9. The van der Waals surface area contributed by atoms with Crippen LogP contribution in [0.3, 0.4) is 0 Å². The van der Waals surface area contributed by atoms with Gasteiger partial charge in [0.15, 0.2) is 5.16 Å². The topological polar surface area (TPSA) is 102 Å². The SMILES string of the molecule is CC(C)c1ccc(-n2cnnc2SCC(=O)NCC(=O)Nc2cccnc2)cc1. The molecule has 0 spiro atoms. The predicted octanol–water partition coefficient (Wildman–Crippen LogP) is 2.63. The highest BCUT2D eigenvalue weighted by atomic mass is 32.2. The third-order valence-electron chi connectivity index (χ3n) is 4.08. The van der Waals surface area contributed by atoms with Crippen LogP contribution in [0.15, 0.2) is 60.3 Å². The number of pyridine rings is 1. The van der Waals surface area contributed by atoms with Gasteiger partial charge >= 0.3 is 0 Å². The van der Waals surface area contributed by atoms with Crippen LogP contribution in [0.1, 0.15) is 25.3 Å². The van der Waals surface area contributed by atoms with Crippen molar-refractivity contribution >= 4 is 29.3 Å². The normalized spacial score (nSPS) is 10.7. The van der Waals surface area contributed by atoms with Crippen molar-refractivity contribution in [1.29, 1.82) is 0 Å². The van der Waals surface area contributed by atoms with Gasteiger partial charge in [-0.2, -0.15) is 0 Å². The number of amides is 2. The van der Waals surface area contributed by atoms with E-state index >= 15 is 0 Å². The number of benzene rings is 1. The highest BCUT2D eigenvalue weighted by molar-refractivity contribution is 7.99. The Kier molecular flexibility index (Phi) is 6.96. The van der Waals surface area contributed by atoms with Crippen molar-refractivity contribution in [2.75, 3.05) is 17.6 Å². The minimum Gasteiger partial charge on any atom is -0.346 e. The zero-order valence-corrected chi connectivity index (χ0v) is 17.0. The Balaban J connectivity index is 1.49. The van der Waals surface area contributed by atoms with Crippen LogP contribution in [0, 0.1) is 0 Å². The first kappa shape index (κ1) is 20.5. The number of hydrogen-bond acceptors (Lipinski definition) is 6. The summed E-state index contributed by atoms with van der Waals surface area (Å²) >= 11 is 1.26. The Morgan fingerprint density at radius 2 is 1.93 bits per heavy atom. The van der Waals surface area contributed by atoms with E-state index in [1.807, 2.05) is 16.7 Å². The molecule has 0 radical (unpaired) electrons. The van der Waals surface area contributed by atoms with Crippen LogP contribution in [0.5, 0.6) is 0 Å². The van der Waals surface area contributed by atoms with E-state index in [4.69, 9.17) is 0 Å². The molecule has 2 heterocycles. The molecule has 0 fully saturated rings. The lowest BCUT2D eigenvalue weighted by Gasteiger charge is -2.09. The Morgan fingerprint density at radius 1 is 1.14 bits per heavy atom. The van der Waals surface area contributed by atoms with Crippen LogP contribution < -0.4 is 10.6 Å². The molecular weight excluding hydrogens is 388 g/mol. The molecule has 0 saturated heterocycles. The Morgan fingerprint density at radius 3 is 2.62 bits per heavy atom. The number of anilines is 1. The molecule has 0 unspecified atom stereocenters. The molecule has 9 heteroatoms. The Hall–Kier alpha value is -3.20. The number of rotatable bonds is 8. The fourth-order valence-corrected chi connectivity index (χ4v) is 3.28. The lowest BCUT2D eigenvalue weighted by atomic mass is 10.0. The highest BCUT2D eigenvalue weighted by Gasteiger charge is 2.12. The number of thioether (sulfide) groups is 1. The number of carbonyl (C=O) groups excluding carboxylic acids is 2. The van der Waals surface area contributed by atoms with Crippen LogP contribution in [0.4, 0.5) is 5.69 Å². The van der Waals surface area contributed by atoms with Gasteiger partial charge in [-0.05, 0) is 35.7 Å². The van der Waals surface area contributed by atoms with Gasteiger partial charge in [-0.1, -0.05) is 37.7 Å². The maximum atomic E-state index is 12.1. The molecule has 2 N–H and O–H groups in total. The summed E-state index contributed by atoms with van der Waals surface area (Å²) in [5.74, 6) is 0.00631. The van der Waals surface area contributed by atoms with Gasteiger partial charge in [0.05, 0.1) is 24.2 Å². The molecule has 1 aromatic carbocycles. The molecule has 2 aromatic heterocycles. The predicted molar refractivity (Wildman–Crippen MR) is 112 cm³/mol. The zero-order chi connectivity index (χ0) is 20.6. The molecular formula is C20H22N6O2S. The van der Waals surface area contributed by atoms with Crippen molar-refractivity contribution < 1.29 is 9.59 Å². The second-order valence-corrected chi connectivity index (χ2v) is 7.53. The molecule has 0 aliphatic carbocycles. The fraction of sp³-hybridized carbons (Fsp3) is 0.250. The molecule has 29 heavy (non-hydrogen) atoms. The van der Waals surface area contributed by atoms with E-state index in [1.54, 1.807) is 24.7 Å².